The highest BCUT2D eigenvalue weighted by Gasteiger charge is 2.23. The highest BCUT2D eigenvalue weighted by Crippen LogP contribution is 2.28. The molecule has 2 aromatic carbocycles. The minimum atomic E-state index is -0.464. The lowest BCUT2D eigenvalue weighted by Crippen LogP contribution is -2.50. The molecule has 28 heavy (non-hydrogen) atoms. The molecule has 0 atom stereocenters. The van der Waals surface area contributed by atoms with Gasteiger partial charge in [-0.2, -0.15) is 0 Å². The van der Waals surface area contributed by atoms with Crippen molar-refractivity contribution >= 4 is 29.2 Å². The second kappa shape index (κ2) is 9.46. The summed E-state index contributed by atoms with van der Waals surface area (Å²) in [5, 5.41) is 0.512. The minimum absolute atomic E-state index is 0.0501. The topological polar surface area (TPSA) is 59.1 Å². The van der Waals surface area contributed by atoms with Gasteiger partial charge in [-0.1, -0.05) is 41.9 Å². The number of para-hydroxylation sites is 2. The molecule has 0 N–H and O–H groups in total. The first-order chi connectivity index (χ1) is 13.6. The zero-order valence-electron chi connectivity index (χ0n) is 15.8. The van der Waals surface area contributed by atoms with Crippen LogP contribution in [0.15, 0.2) is 48.5 Å². The molecule has 0 radical (unpaired) electrons. The number of hydrogen-bond donors (Lipinski definition) is 0. The summed E-state index contributed by atoms with van der Waals surface area (Å²) in [5.41, 5.74) is 1.70. The molecule has 1 aliphatic rings. The number of hydrogen-bond acceptors (Lipinski definition) is 5. The second-order valence-electron chi connectivity index (χ2n) is 6.47. The van der Waals surface area contributed by atoms with Crippen molar-refractivity contribution in [1.29, 1.82) is 0 Å². The molecule has 1 amide bonds. The fourth-order valence-electron chi connectivity index (χ4n) is 3.17. The molecule has 0 saturated carbocycles. The smallest absolute Gasteiger partial charge is 0.310 e. The van der Waals surface area contributed by atoms with Crippen LogP contribution in [-0.4, -0.2) is 56.7 Å². The number of amides is 1. The van der Waals surface area contributed by atoms with Crippen LogP contribution in [0.3, 0.4) is 0 Å². The van der Waals surface area contributed by atoms with Crippen molar-refractivity contribution in [1.82, 2.24) is 4.90 Å². The van der Waals surface area contributed by atoms with E-state index in [1.54, 1.807) is 36.3 Å². The second-order valence-corrected chi connectivity index (χ2v) is 6.88. The van der Waals surface area contributed by atoms with E-state index in [1.165, 1.54) is 0 Å². The standard InChI is InChI=1S/C21H23ClN2O4/c1-27-19-9-5-4-8-18(19)23-10-12-24(13-11-23)20(25)15-28-21(26)14-16-6-2-3-7-17(16)22/h2-9H,10-15H2,1H3. The summed E-state index contributed by atoms with van der Waals surface area (Å²) in [6.45, 7) is 2.27. The fourth-order valence-corrected chi connectivity index (χ4v) is 3.37. The largest absolute Gasteiger partial charge is 0.495 e. The molecule has 0 aromatic heterocycles. The Morgan fingerprint density at radius 1 is 1.00 bits per heavy atom. The van der Waals surface area contributed by atoms with Crippen molar-refractivity contribution in [2.75, 3.05) is 44.8 Å². The van der Waals surface area contributed by atoms with E-state index in [4.69, 9.17) is 21.1 Å². The summed E-state index contributed by atoms with van der Waals surface area (Å²) >= 11 is 6.04. The third-order valence-electron chi connectivity index (χ3n) is 4.71. The maximum absolute atomic E-state index is 12.4. The van der Waals surface area contributed by atoms with Gasteiger partial charge in [0.1, 0.15) is 5.75 Å². The van der Waals surface area contributed by atoms with E-state index in [-0.39, 0.29) is 18.9 Å². The van der Waals surface area contributed by atoms with E-state index >= 15 is 0 Å². The molecule has 0 unspecified atom stereocenters. The lowest BCUT2D eigenvalue weighted by atomic mass is 10.1. The van der Waals surface area contributed by atoms with Crippen LogP contribution in [0.25, 0.3) is 0 Å². The lowest BCUT2D eigenvalue weighted by Gasteiger charge is -2.36. The molecule has 0 bridgehead atoms. The third-order valence-corrected chi connectivity index (χ3v) is 5.08. The van der Waals surface area contributed by atoms with Gasteiger partial charge in [0.15, 0.2) is 6.61 Å². The van der Waals surface area contributed by atoms with Crippen LogP contribution in [0, 0.1) is 0 Å². The molecule has 2 aromatic rings. The average molecular weight is 403 g/mol. The summed E-state index contributed by atoms with van der Waals surface area (Å²) in [7, 11) is 1.65. The van der Waals surface area contributed by atoms with E-state index < -0.39 is 5.97 Å². The Morgan fingerprint density at radius 2 is 1.68 bits per heavy atom. The Morgan fingerprint density at radius 3 is 2.39 bits per heavy atom. The number of methoxy groups -OCH3 is 1. The molecule has 1 heterocycles. The van der Waals surface area contributed by atoms with Gasteiger partial charge in [0.2, 0.25) is 0 Å². The Bertz CT molecular complexity index is 835. The zero-order valence-corrected chi connectivity index (χ0v) is 16.5. The Balaban J connectivity index is 1.46. The van der Waals surface area contributed by atoms with Crippen LogP contribution in [-0.2, 0) is 20.7 Å². The van der Waals surface area contributed by atoms with Gasteiger partial charge in [-0.05, 0) is 23.8 Å². The van der Waals surface area contributed by atoms with Crippen molar-refractivity contribution < 1.29 is 19.1 Å². The number of carbonyl (C=O) groups is 2. The number of ether oxygens (including phenoxy) is 2. The molecular weight excluding hydrogens is 380 g/mol. The van der Waals surface area contributed by atoms with Crippen LogP contribution in [0.5, 0.6) is 5.75 Å². The predicted molar refractivity (Wildman–Crippen MR) is 108 cm³/mol. The predicted octanol–water partition coefficient (Wildman–Crippen LogP) is 2.78. The highest BCUT2D eigenvalue weighted by molar-refractivity contribution is 6.31. The normalized spacial score (nSPS) is 13.9. The number of esters is 1. The van der Waals surface area contributed by atoms with Gasteiger partial charge < -0.3 is 19.3 Å². The Labute approximate surface area is 169 Å². The molecular formula is C21H23ClN2O4. The van der Waals surface area contributed by atoms with Gasteiger partial charge in [0.05, 0.1) is 19.2 Å². The van der Waals surface area contributed by atoms with Crippen LogP contribution >= 0.6 is 11.6 Å². The number of halogens is 1. The van der Waals surface area contributed by atoms with Crippen molar-refractivity contribution in [2.45, 2.75) is 6.42 Å². The van der Waals surface area contributed by atoms with Crippen molar-refractivity contribution in [3.63, 3.8) is 0 Å². The summed E-state index contributed by atoms with van der Waals surface area (Å²) < 4.78 is 10.5. The summed E-state index contributed by atoms with van der Waals surface area (Å²) in [6, 6.07) is 14.9. The van der Waals surface area contributed by atoms with Gasteiger partial charge in [-0.15, -0.1) is 0 Å². The average Bonchev–Trinajstić information content (AvgIpc) is 2.74. The van der Waals surface area contributed by atoms with E-state index in [2.05, 4.69) is 4.90 Å². The van der Waals surface area contributed by atoms with Crippen molar-refractivity contribution in [3.8, 4) is 5.75 Å². The van der Waals surface area contributed by atoms with Crippen LogP contribution in [0.4, 0.5) is 5.69 Å². The first-order valence-corrected chi connectivity index (χ1v) is 9.51. The number of piperazine rings is 1. The minimum Gasteiger partial charge on any atom is -0.495 e. The van der Waals surface area contributed by atoms with Crippen molar-refractivity contribution in [2.24, 2.45) is 0 Å². The number of rotatable bonds is 6. The van der Waals surface area contributed by atoms with Crippen LogP contribution in [0.2, 0.25) is 5.02 Å². The van der Waals surface area contributed by atoms with Gasteiger partial charge in [-0.25, -0.2) is 0 Å². The SMILES string of the molecule is COc1ccccc1N1CCN(C(=O)COC(=O)Cc2ccccc2Cl)CC1. The van der Waals surface area contributed by atoms with Gasteiger partial charge in [0.25, 0.3) is 5.91 Å². The summed E-state index contributed by atoms with van der Waals surface area (Å²) in [6.07, 6.45) is 0.0501. The van der Waals surface area contributed by atoms with Crippen LogP contribution in [0.1, 0.15) is 5.56 Å². The van der Waals surface area contributed by atoms with Gasteiger partial charge >= 0.3 is 5.97 Å². The zero-order chi connectivity index (χ0) is 19.9. The molecule has 6 nitrogen and oxygen atoms in total. The van der Waals surface area contributed by atoms with Crippen molar-refractivity contribution in [3.05, 3.63) is 59.1 Å². The lowest BCUT2D eigenvalue weighted by molar-refractivity contribution is -0.151. The third kappa shape index (κ3) is 4.95. The Hall–Kier alpha value is -2.73. The van der Waals surface area contributed by atoms with E-state index in [0.717, 1.165) is 11.4 Å². The number of carbonyl (C=O) groups excluding carboxylic acids is 2. The molecule has 0 spiro atoms. The molecule has 3 rings (SSSR count). The quantitative estimate of drug-likeness (QED) is 0.695. The van der Waals surface area contributed by atoms with E-state index in [1.807, 2.05) is 24.3 Å². The van der Waals surface area contributed by atoms with Gasteiger partial charge in [-0.3, -0.25) is 9.59 Å². The first-order valence-electron chi connectivity index (χ1n) is 9.13. The molecule has 0 aliphatic carbocycles. The fraction of sp³-hybridized carbons (Fsp3) is 0.333. The first kappa shape index (κ1) is 20.0. The molecule has 1 aliphatic heterocycles. The maximum atomic E-state index is 12.4. The Kier molecular flexibility index (Phi) is 6.76. The summed E-state index contributed by atoms with van der Waals surface area (Å²) in [4.78, 5) is 28.3. The highest BCUT2D eigenvalue weighted by atomic mass is 35.5. The number of benzene rings is 2. The van der Waals surface area contributed by atoms with E-state index in [0.29, 0.717) is 36.8 Å². The van der Waals surface area contributed by atoms with Crippen LogP contribution < -0.4 is 9.64 Å². The number of anilines is 1. The maximum Gasteiger partial charge on any atom is 0.310 e. The number of nitrogens with zero attached hydrogens (tertiary/aromatic N) is 2. The molecule has 1 fully saturated rings. The molecule has 7 heteroatoms. The van der Waals surface area contributed by atoms with E-state index in [9.17, 15) is 9.59 Å². The molecule has 148 valence electrons. The monoisotopic (exact) mass is 402 g/mol. The van der Waals surface area contributed by atoms with Gasteiger partial charge in [0, 0.05) is 31.2 Å². The summed E-state index contributed by atoms with van der Waals surface area (Å²) in [5.74, 6) is 0.164. The molecule has 1 saturated heterocycles.